The molecule has 2 rings (SSSR count). The first kappa shape index (κ1) is 16.8. The molecule has 2 aromatic rings. The molecular formula is C18H22N2O3. The van der Waals surface area contributed by atoms with Gasteiger partial charge in [0.05, 0.1) is 6.54 Å². The molecule has 1 aromatic carbocycles. The van der Waals surface area contributed by atoms with Crippen molar-refractivity contribution in [3.05, 3.63) is 52.8 Å². The number of ether oxygens (including phenoxy) is 1. The minimum Gasteiger partial charge on any atom is -0.492 e. The molecule has 5 nitrogen and oxygen atoms in total. The van der Waals surface area contributed by atoms with Gasteiger partial charge in [-0.1, -0.05) is 6.07 Å². The molecule has 0 spiro atoms. The summed E-state index contributed by atoms with van der Waals surface area (Å²) in [5.74, 6) is 0.574. The molecule has 0 aliphatic rings. The number of carbonyl (C=O) groups is 2. The molecule has 0 fully saturated rings. The fourth-order valence-corrected chi connectivity index (χ4v) is 2.34. The van der Waals surface area contributed by atoms with Gasteiger partial charge in [0.1, 0.15) is 18.1 Å². The van der Waals surface area contributed by atoms with Crippen molar-refractivity contribution < 1.29 is 14.3 Å². The number of aromatic amines is 1. The van der Waals surface area contributed by atoms with Crippen LogP contribution in [0.25, 0.3) is 0 Å². The third kappa shape index (κ3) is 4.45. The molecule has 1 heterocycles. The third-order valence-corrected chi connectivity index (χ3v) is 3.56. The largest absolute Gasteiger partial charge is 0.492 e. The van der Waals surface area contributed by atoms with Crippen LogP contribution in [0, 0.1) is 13.8 Å². The molecule has 0 saturated heterocycles. The molecule has 0 aliphatic carbocycles. The van der Waals surface area contributed by atoms with Crippen LogP contribution in [0.2, 0.25) is 0 Å². The van der Waals surface area contributed by atoms with Gasteiger partial charge in [0.2, 0.25) is 0 Å². The van der Waals surface area contributed by atoms with Gasteiger partial charge in [-0.05, 0) is 50.1 Å². The van der Waals surface area contributed by atoms with Crippen molar-refractivity contribution in [1.29, 1.82) is 0 Å². The summed E-state index contributed by atoms with van der Waals surface area (Å²) < 4.78 is 5.71. The van der Waals surface area contributed by atoms with Crippen molar-refractivity contribution >= 4 is 11.7 Å². The summed E-state index contributed by atoms with van der Waals surface area (Å²) in [7, 11) is 1.71. The Morgan fingerprint density at radius 1 is 1.13 bits per heavy atom. The van der Waals surface area contributed by atoms with E-state index in [1.54, 1.807) is 24.2 Å². The Bertz CT molecular complexity index is 699. The second kappa shape index (κ2) is 7.13. The van der Waals surface area contributed by atoms with Gasteiger partial charge in [-0.3, -0.25) is 9.59 Å². The lowest BCUT2D eigenvalue weighted by Crippen LogP contribution is -2.31. The maximum Gasteiger partial charge on any atom is 0.270 e. The van der Waals surface area contributed by atoms with Crippen molar-refractivity contribution in [3.63, 3.8) is 0 Å². The number of hydrogen-bond donors (Lipinski definition) is 1. The zero-order chi connectivity index (χ0) is 17.0. The number of H-pyrrole nitrogens is 1. The fraction of sp³-hybridized carbons (Fsp3) is 0.333. The smallest absolute Gasteiger partial charge is 0.270 e. The molecule has 0 radical (unpaired) electrons. The van der Waals surface area contributed by atoms with Gasteiger partial charge in [-0.25, -0.2) is 0 Å². The lowest BCUT2D eigenvalue weighted by Gasteiger charge is -2.17. The van der Waals surface area contributed by atoms with E-state index in [1.165, 1.54) is 6.92 Å². The van der Waals surface area contributed by atoms with Crippen molar-refractivity contribution in [3.8, 4) is 5.75 Å². The monoisotopic (exact) mass is 314 g/mol. The first-order valence-electron chi connectivity index (χ1n) is 7.52. The highest BCUT2D eigenvalue weighted by atomic mass is 16.5. The van der Waals surface area contributed by atoms with Crippen LogP contribution >= 0.6 is 0 Å². The third-order valence-electron chi connectivity index (χ3n) is 3.56. The second-order valence-electron chi connectivity index (χ2n) is 5.76. The predicted octanol–water partition coefficient (Wildman–Crippen LogP) is 2.99. The standard InChI is InChI=1S/C18H22N2O3/c1-12-7-13(2)9-16(8-12)23-6-5-20(4)18(22)17-10-15(11-19-17)14(3)21/h7-11,19H,5-6H2,1-4H3. The molecule has 1 N–H and O–H groups in total. The first-order valence-corrected chi connectivity index (χ1v) is 7.52. The number of aromatic nitrogens is 1. The molecule has 0 atom stereocenters. The molecule has 0 unspecified atom stereocenters. The van der Waals surface area contributed by atoms with Crippen LogP contribution in [0.4, 0.5) is 0 Å². The SMILES string of the molecule is CC(=O)c1c[nH]c(C(=O)N(C)CCOc2cc(C)cc(C)c2)c1. The summed E-state index contributed by atoms with van der Waals surface area (Å²) in [4.78, 5) is 27.9. The number of nitrogens with zero attached hydrogens (tertiary/aromatic N) is 1. The van der Waals surface area contributed by atoms with E-state index in [0.717, 1.165) is 16.9 Å². The number of carbonyl (C=O) groups excluding carboxylic acids is 2. The van der Waals surface area contributed by atoms with Crippen molar-refractivity contribution in [2.45, 2.75) is 20.8 Å². The normalized spacial score (nSPS) is 10.4. The molecule has 5 heteroatoms. The van der Waals surface area contributed by atoms with E-state index in [4.69, 9.17) is 4.74 Å². The number of aryl methyl sites for hydroxylation is 2. The number of benzene rings is 1. The van der Waals surface area contributed by atoms with Crippen LogP contribution < -0.4 is 4.74 Å². The summed E-state index contributed by atoms with van der Waals surface area (Å²) in [5, 5.41) is 0. The van der Waals surface area contributed by atoms with Crippen molar-refractivity contribution in [2.75, 3.05) is 20.2 Å². The number of ketones is 1. The number of amides is 1. The van der Waals surface area contributed by atoms with E-state index < -0.39 is 0 Å². The van der Waals surface area contributed by atoms with E-state index in [1.807, 2.05) is 26.0 Å². The van der Waals surface area contributed by atoms with Gasteiger partial charge in [0, 0.05) is 18.8 Å². The topological polar surface area (TPSA) is 62.4 Å². The number of hydrogen-bond acceptors (Lipinski definition) is 3. The van der Waals surface area contributed by atoms with Gasteiger partial charge >= 0.3 is 0 Å². The molecule has 1 aromatic heterocycles. The van der Waals surface area contributed by atoms with E-state index in [2.05, 4.69) is 11.1 Å². The summed E-state index contributed by atoms with van der Waals surface area (Å²) >= 11 is 0. The van der Waals surface area contributed by atoms with E-state index in [-0.39, 0.29) is 11.7 Å². The van der Waals surface area contributed by atoms with E-state index >= 15 is 0 Å². The van der Waals surface area contributed by atoms with Gasteiger partial charge < -0.3 is 14.6 Å². The number of Topliss-reactive ketones (excluding diaryl/α,β-unsaturated/α-hetero) is 1. The van der Waals surface area contributed by atoms with E-state index in [9.17, 15) is 9.59 Å². The molecule has 0 aliphatic heterocycles. The summed E-state index contributed by atoms with van der Waals surface area (Å²) in [6.45, 7) is 6.38. The van der Waals surface area contributed by atoms with Crippen molar-refractivity contribution in [1.82, 2.24) is 9.88 Å². The number of nitrogens with one attached hydrogen (secondary N) is 1. The Morgan fingerprint density at radius 3 is 2.35 bits per heavy atom. The molecule has 122 valence electrons. The van der Waals surface area contributed by atoms with Gasteiger partial charge in [-0.2, -0.15) is 0 Å². The molecule has 1 amide bonds. The molecule has 23 heavy (non-hydrogen) atoms. The summed E-state index contributed by atoms with van der Waals surface area (Å²) in [6, 6.07) is 7.60. The summed E-state index contributed by atoms with van der Waals surface area (Å²) in [5.41, 5.74) is 3.21. The highest BCUT2D eigenvalue weighted by molar-refractivity contribution is 5.98. The first-order chi connectivity index (χ1) is 10.9. The maximum absolute atomic E-state index is 12.3. The molecule has 0 bridgehead atoms. The molecule has 0 saturated carbocycles. The Balaban J connectivity index is 1.89. The fourth-order valence-electron chi connectivity index (χ4n) is 2.34. The predicted molar refractivity (Wildman–Crippen MR) is 89.2 cm³/mol. The van der Waals surface area contributed by atoms with Crippen LogP contribution in [-0.4, -0.2) is 41.8 Å². The zero-order valence-corrected chi connectivity index (χ0v) is 14.0. The maximum atomic E-state index is 12.3. The van der Waals surface area contributed by atoms with E-state index in [0.29, 0.717) is 24.4 Å². The van der Waals surface area contributed by atoms with Crippen LogP contribution in [0.15, 0.2) is 30.5 Å². The zero-order valence-electron chi connectivity index (χ0n) is 14.0. The lowest BCUT2D eigenvalue weighted by atomic mass is 10.1. The Kier molecular flexibility index (Phi) is 5.21. The van der Waals surface area contributed by atoms with Crippen LogP contribution in [-0.2, 0) is 0 Å². The van der Waals surface area contributed by atoms with Crippen LogP contribution in [0.5, 0.6) is 5.75 Å². The lowest BCUT2D eigenvalue weighted by molar-refractivity contribution is 0.0768. The summed E-state index contributed by atoms with van der Waals surface area (Å²) in [6.07, 6.45) is 1.55. The number of rotatable bonds is 6. The quantitative estimate of drug-likeness (QED) is 0.834. The van der Waals surface area contributed by atoms with Gasteiger partial charge in [0.25, 0.3) is 5.91 Å². The van der Waals surface area contributed by atoms with Gasteiger partial charge in [0.15, 0.2) is 5.78 Å². The minimum atomic E-state index is -0.165. The van der Waals surface area contributed by atoms with Crippen molar-refractivity contribution in [2.24, 2.45) is 0 Å². The Labute approximate surface area is 136 Å². The van der Waals surface area contributed by atoms with Crippen LogP contribution in [0.1, 0.15) is 38.9 Å². The number of likely N-dealkylation sites (N-methyl/N-ethyl adjacent to an activating group) is 1. The average Bonchev–Trinajstić information content (AvgIpc) is 2.95. The van der Waals surface area contributed by atoms with Gasteiger partial charge in [-0.15, -0.1) is 0 Å². The minimum absolute atomic E-state index is 0.0684. The second-order valence-corrected chi connectivity index (χ2v) is 5.76. The molecular weight excluding hydrogens is 292 g/mol. The highest BCUT2D eigenvalue weighted by Gasteiger charge is 2.15. The Hall–Kier alpha value is -2.56. The van der Waals surface area contributed by atoms with Crippen LogP contribution in [0.3, 0.4) is 0 Å². The Morgan fingerprint density at radius 2 is 1.78 bits per heavy atom. The average molecular weight is 314 g/mol. The highest BCUT2D eigenvalue weighted by Crippen LogP contribution is 2.16.